The van der Waals surface area contributed by atoms with Crippen molar-refractivity contribution in [2.45, 2.75) is 19.9 Å². The fourth-order valence-electron chi connectivity index (χ4n) is 2.84. The number of allylic oxidation sites excluding steroid dienone is 1. The zero-order valence-corrected chi connectivity index (χ0v) is 12.4. The van der Waals surface area contributed by atoms with E-state index in [1.165, 1.54) is 0 Å². The summed E-state index contributed by atoms with van der Waals surface area (Å²) in [5.41, 5.74) is 2.90. The van der Waals surface area contributed by atoms with E-state index in [0.29, 0.717) is 6.67 Å². The van der Waals surface area contributed by atoms with E-state index < -0.39 is 0 Å². The largest absolute Gasteiger partial charge is 0.346 e. The Morgan fingerprint density at radius 2 is 2.33 bits per heavy atom. The van der Waals surface area contributed by atoms with Crippen LogP contribution in [0.4, 0.5) is 0 Å². The minimum Gasteiger partial charge on any atom is -0.346 e. The molecule has 0 aliphatic carbocycles. The van der Waals surface area contributed by atoms with Gasteiger partial charge < -0.3 is 15.1 Å². The lowest BCUT2D eigenvalue weighted by Crippen LogP contribution is -2.44. The maximum Gasteiger partial charge on any atom is 0.207 e. The molecule has 0 saturated heterocycles. The molecule has 3 aliphatic rings. The predicted octanol–water partition coefficient (Wildman–Crippen LogP) is 0.572. The summed E-state index contributed by atoms with van der Waals surface area (Å²) in [6.07, 6.45) is 6.51. The molecule has 3 rings (SSSR count). The number of nitrogens with one attached hydrogen (secondary N) is 1. The standard InChI is InChI=1S/C14H19N5O2/c1-4-17-6-10(2)12(16-8-20)13-14(17)19-9-18(21-3)7-11(19)5-15-13/h5-8,12H,4,9H2,1-3H3,(H,16,20). The monoisotopic (exact) mass is 289 g/mol. The van der Waals surface area contributed by atoms with Gasteiger partial charge in [-0.3, -0.25) is 14.6 Å². The van der Waals surface area contributed by atoms with Crippen molar-refractivity contribution in [3.8, 4) is 0 Å². The van der Waals surface area contributed by atoms with Crippen LogP contribution in [0.5, 0.6) is 0 Å². The average Bonchev–Trinajstić information content (AvgIpc) is 2.92. The molecule has 0 radical (unpaired) electrons. The second-order valence-electron chi connectivity index (χ2n) is 5.07. The van der Waals surface area contributed by atoms with E-state index in [1.807, 2.05) is 19.3 Å². The van der Waals surface area contributed by atoms with E-state index in [0.717, 1.165) is 35.7 Å². The Morgan fingerprint density at radius 3 is 3.00 bits per heavy atom. The number of hydrogen-bond acceptors (Lipinski definition) is 6. The van der Waals surface area contributed by atoms with Gasteiger partial charge in [-0.1, -0.05) is 0 Å². The number of hydroxylamine groups is 2. The Balaban J connectivity index is 2.02. The van der Waals surface area contributed by atoms with Gasteiger partial charge in [0.25, 0.3) is 0 Å². The summed E-state index contributed by atoms with van der Waals surface area (Å²) < 4.78 is 0. The van der Waals surface area contributed by atoms with Crippen LogP contribution in [-0.2, 0) is 9.63 Å². The molecule has 1 N–H and O–H groups in total. The Labute approximate surface area is 123 Å². The minimum atomic E-state index is -0.185. The second-order valence-corrected chi connectivity index (χ2v) is 5.07. The van der Waals surface area contributed by atoms with Gasteiger partial charge in [0, 0.05) is 12.7 Å². The van der Waals surface area contributed by atoms with E-state index in [9.17, 15) is 4.79 Å². The highest BCUT2D eigenvalue weighted by molar-refractivity contribution is 5.81. The summed E-state index contributed by atoms with van der Waals surface area (Å²) in [6, 6.07) is -0.185. The van der Waals surface area contributed by atoms with Crippen molar-refractivity contribution in [2.24, 2.45) is 4.99 Å². The van der Waals surface area contributed by atoms with Crippen LogP contribution in [0.3, 0.4) is 0 Å². The lowest BCUT2D eigenvalue weighted by molar-refractivity contribution is -0.109. The van der Waals surface area contributed by atoms with Gasteiger partial charge in [-0.2, -0.15) is 0 Å². The van der Waals surface area contributed by atoms with Crippen molar-refractivity contribution in [1.29, 1.82) is 0 Å². The molecule has 0 fully saturated rings. The first kappa shape index (κ1) is 13.7. The van der Waals surface area contributed by atoms with Crippen LogP contribution < -0.4 is 5.32 Å². The molecule has 3 aliphatic heterocycles. The summed E-state index contributed by atoms with van der Waals surface area (Å²) in [5, 5.41) is 4.59. The third-order valence-corrected chi connectivity index (χ3v) is 3.86. The van der Waals surface area contributed by atoms with Crippen LogP contribution in [0.15, 0.2) is 40.2 Å². The SMILES string of the molecule is CCN1C=C(C)C(NC=O)C2=C1N1CN(OC)C=C1C=N2. The number of fused-ring (bicyclic) bond motifs is 2. The number of amides is 1. The molecule has 0 aromatic rings. The van der Waals surface area contributed by atoms with Crippen molar-refractivity contribution in [3.63, 3.8) is 0 Å². The lowest BCUT2D eigenvalue weighted by atomic mass is 10.0. The average molecular weight is 289 g/mol. The van der Waals surface area contributed by atoms with Crippen LogP contribution in [0.1, 0.15) is 13.8 Å². The minimum absolute atomic E-state index is 0.185. The molecular weight excluding hydrogens is 270 g/mol. The molecule has 3 heterocycles. The van der Waals surface area contributed by atoms with Crippen LogP contribution >= 0.6 is 0 Å². The van der Waals surface area contributed by atoms with Gasteiger partial charge in [-0.25, -0.2) is 5.06 Å². The van der Waals surface area contributed by atoms with Gasteiger partial charge in [-0.15, -0.1) is 0 Å². The van der Waals surface area contributed by atoms with E-state index >= 15 is 0 Å². The quantitative estimate of drug-likeness (QED) is 0.767. The fraction of sp³-hybridized carbons (Fsp3) is 0.429. The van der Waals surface area contributed by atoms with Gasteiger partial charge in [0.2, 0.25) is 6.41 Å². The molecule has 0 bridgehead atoms. The Morgan fingerprint density at radius 1 is 1.52 bits per heavy atom. The molecule has 0 aromatic heterocycles. The zero-order chi connectivity index (χ0) is 15.0. The van der Waals surface area contributed by atoms with Crippen molar-refractivity contribution in [3.05, 3.63) is 35.2 Å². The normalized spacial score (nSPS) is 23.8. The molecule has 21 heavy (non-hydrogen) atoms. The molecular formula is C14H19N5O2. The summed E-state index contributed by atoms with van der Waals surface area (Å²) in [4.78, 5) is 25.0. The molecule has 1 atom stereocenters. The second kappa shape index (κ2) is 5.25. The molecule has 7 nitrogen and oxygen atoms in total. The molecule has 0 spiro atoms. The van der Waals surface area contributed by atoms with Crippen LogP contribution in [-0.4, -0.2) is 53.9 Å². The highest BCUT2D eigenvalue weighted by Crippen LogP contribution is 2.35. The van der Waals surface area contributed by atoms with Gasteiger partial charge >= 0.3 is 0 Å². The highest BCUT2D eigenvalue weighted by atomic mass is 16.7. The fourth-order valence-corrected chi connectivity index (χ4v) is 2.84. The molecule has 1 unspecified atom stereocenters. The summed E-state index contributed by atoms with van der Waals surface area (Å²) in [5.74, 6) is 0.996. The van der Waals surface area contributed by atoms with Gasteiger partial charge in [0.1, 0.15) is 18.2 Å². The van der Waals surface area contributed by atoms with Crippen molar-refractivity contribution < 1.29 is 9.63 Å². The van der Waals surface area contributed by atoms with E-state index in [4.69, 9.17) is 4.84 Å². The number of carbonyl (C=O) groups excluding carboxylic acids is 1. The topological polar surface area (TPSA) is 60.4 Å². The Hall–Kier alpha value is -2.28. The van der Waals surface area contributed by atoms with E-state index in [1.54, 1.807) is 12.2 Å². The zero-order valence-electron chi connectivity index (χ0n) is 12.4. The van der Waals surface area contributed by atoms with Crippen molar-refractivity contribution in [1.82, 2.24) is 20.2 Å². The smallest absolute Gasteiger partial charge is 0.207 e. The number of carbonyl (C=O) groups is 1. The van der Waals surface area contributed by atoms with E-state index in [-0.39, 0.29) is 6.04 Å². The number of rotatable bonds is 4. The number of aliphatic imine (C=N–C) groups is 1. The Bertz CT molecular complexity index is 578. The molecule has 1 amide bonds. The summed E-state index contributed by atoms with van der Waals surface area (Å²) >= 11 is 0. The molecule has 0 aromatic carbocycles. The third-order valence-electron chi connectivity index (χ3n) is 3.86. The molecule has 0 saturated carbocycles. The summed E-state index contributed by atoms with van der Waals surface area (Å²) in [7, 11) is 1.64. The number of hydrogen-bond donors (Lipinski definition) is 1. The Kier molecular flexibility index (Phi) is 3.42. The maximum absolute atomic E-state index is 10.9. The molecule has 7 heteroatoms. The lowest BCUT2D eigenvalue weighted by Gasteiger charge is -2.40. The first-order valence-electron chi connectivity index (χ1n) is 6.92. The van der Waals surface area contributed by atoms with Crippen LogP contribution in [0, 0.1) is 0 Å². The van der Waals surface area contributed by atoms with Crippen LogP contribution in [0.2, 0.25) is 0 Å². The predicted molar refractivity (Wildman–Crippen MR) is 78.3 cm³/mol. The summed E-state index contributed by atoms with van der Waals surface area (Å²) in [6.45, 7) is 5.53. The number of nitrogens with zero attached hydrogens (tertiary/aromatic N) is 4. The first-order chi connectivity index (χ1) is 10.2. The van der Waals surface area contributed by atoms with Crippen LogP contribution in [0.25, 0.3) is 0 Å². The maximum atomic E-state index is 10.9. The third kappa shape index (κ3) is 2.09. The van der Waals surface area contributed by atoms with Crippen molar-refractivity contribution in [2.75, 3.05) is 20.3 Å². The van der Waals surface area contributed by atoms with Gasteiger partial charge in [0.05, 0.1) is 31.3 Å². The van der Waals surface area contributed by atoms with E-state index in [2.05, 4.69) is 33.2 Å². The highest BCUT2D eigenvalue weighted by Gasteiger charge is 2.36. The van der Waals surface area contributed by atoms with Gasteiger partial charge in [-0.05, 0) is 19.4 Å². The van der Waals surface area contributed by atoms with Gasteiger partial charge in [0.15, 0.2) is 0 Å². The first-order valence-corrected chi connectivity index (χ1v) is 6.92. The van der Waals surface area contributed by atoms with Crippen molar-refractivity contribution >= 4 is 12.6 Å². The molecule has 112 valence electrons.